The first-order valence-electron chi connectivity index (χ1n) is 8.11. The number of carbonyl (C=O) groups is 1. The van der Waals surface area contributed by atoms with Gasteiger partial charge in [0, 0.05) is 23.5 Å². The van der Waals surface area contributed by atoms with Crippen LogP contribution in [0.5, 0.6) is 0 Å². The van der Waals surface area contributed by atoms with Gasteiger partial charge in [0.1, 0.15) is 0 Å². The molecule has 3 rings (SSSR count). The predicted octanol–water partition coefficient (Wildman–Crippen LogP) is 2.51. The standard InChI is InChI=1S/C18H22N2O3S/c21-16(17-7-4-10-24-17)11-15-13-23-9-8-20(15)18(22)12-19-14-5-2-1-3-6-14/h1-7,10,15-16,19,21H,8-9,11-13H2. The second kappa shape index (κ2) is 8.28. The van der Waals surface area contributed by atoms with Crippen LogP contribution in [-0.4, -0.2) is 48.3 Å². The highest BCUT2D eigenvalue weighted by atomic mass is 32.1. The van der Waals surface area contributed by atoms with Gasteiger partial charge >= 0.3 is 0 Å². The summed E-state index contributed by atoms with van der Waals surface area (Å²) >= 11 is 1.53. The molecule has 128 valence electrons. The number of para-hydroxylation sites is 1. The molecule has 1 fully saturated rings. The molecule has 5 nitrogen and oxygen atoms in total. The summed E-state index contributed by atoms with van der Waals surface area (Å²) in [7, 11) is 0. The third-order valence-corrected chi connectivity index (χ3v) is 5.11. The fraction of sp³-hybridized carbons (Fsp3) is 0.389. The van der Waals surface area contributed by atoms with Crippen molar-refractivity contribution in [2.24, 2.45) is 0 Å². The van der Waals surface area contributed by atoms with E-state index in [1.165, 1.54) is 11.3 Å². The van der Waals surface area contributed by atoms with E-state index in [0.29, 0.717) is 26.2 Å². The van der Waals surface area contributed by atoms with Crippen molar-refractivity contribution in [2.75, 3.05) is 31.6 Å². The predicted molar refractivity (Wildman–Crippen MR) is 95.1 cm³/mol. The minimum Gasteiger partial charge on any atom is -0.387 e. The number of aliphatic hydroxyl groups is 1. The Morgan fingerprint density at radius 1 is 1.33 bits per heavy atom. The van der Waals surface area contributed by atoms with Crippen LogP contribution in [0.4, 0.5) is 5.69 Å². The minimum atomic E-state index is -0.561. The van der Waals surface area contributed by atoms with Crippen molar-refractivity contribution < 1.29 is 14.6 Å². The summed E-state index contributed by atoms with van der Waals surface area (Å²) in [6.07, 6.45) is -0.0634. The maximum atomic E-state index is 12.6. The maximum Gasteiger partial charge on any atom is 0.242 e. The van der Waals surface area contributed by atoms with Gasteiger partial charge in [0.2, 0.25) is 5.91 Å². The number of benzene rings is 1. The highest BCUT2D eigenvalue weighted by molar-refractivity contribution is 7.10. The summed E-state index contributed by atoms with van der Waals surface area (Å²) in [5.41, 5.74) is 0.925. The van der Waals surface area contributed by atoms with Crippen LogP contribution in [0.2, 0.25) is 0 Å². The van der Waals surface area contributed by atoms with E-state index >= 15 is 0 Å². The number of nitrogens with zero attached hydrogens (tertiary/aromatic N) is 1. The maximum absolute atomic E-state index is 12.6. The number of hydrogen-bond donors (Lipinski definition) is 2. The highest BCUT2D eigenvalue weighted by Crippen LogP contribution is 2.26. The molecule has 6 heteroatoms. The SMILES string of the molecule is O=C(CNc1ccccc1)N1CCOCC1CC(O)c1cccs1. The molecule has 1 saturated heterocycles. The summed E-state index contributed by atoms with van der Waals surface area (Å²) in [5, 5.41) is 15.5. The Morgan fingerprint density at radius 2 is 2.17 bits per heavy atom. The normalized spacial score (nSPS) is 19.0. The monoisotopic (exact) mass is 346 g/mol. The second-order valence-electron chi connectivity index (χ2n) is 5.80. The Labute approximate surface area is 145 Å². The lowest BCUT2D eigenvalue weighted by atomic mass is 10.1. The van der Waals surface area contributed by atoms with Crippen LogP contribution in [0, 0.1) is 0 Å². The van der Waals surface area contributed by atoms with Crippen molar-refractivity contribution in [3.63, 3.8) is 0 Å². The molecular formula is C18H22N2O3S. The Hall–Kier alpha value is -1.89. The van der Waals surface area contributed by atoms with Gasteiger partial charge in [-0.05, 0) is 23.6 Å². The first kappa shape index (κ1) is 17.0. The van der Waals surface area contributed by atoms with Crippen molar-refractivity contribution in [3.05, 3.63) is 52.7 Å². The van der Waals surface area contributed by atoms with Gasteiger partial charge in [0.25, 0.3) is 0 Å². The van der Waals surface area contributed by atoms with Gasteiger partial charge < -0.3 is 20.1 Å². The van der Waals surface area contributed by atoms with Crippen LogP contribution in [0.15, 0.2) is 47.8 Å². The molecule has 0 bridgehead atoms. The van der Waals surface area contributed by atoms with Crippen molar-refractivity contribution in [1.82, 2.24) is 4.90 Å². The van der Waals surface area contributed by atoms with Gasteiger partial charge in [-0.1, -0.05) is 24.3 Å². The summed E-state index contributed by atoms with van der Waals surface area (Å²) in [6, 6.07) is 13.4. The van der Waals surface area contributed by atoms with E-state index < -0.39 is 6.10 Å². The van der Waals surface area contributed by atoms with Crippen LogP contribution in [0.3, 0.4) is 0 Å². The Kier molecular flexibility index (Phi) is 5.85. The molecule has 1 aliphatic heterocycles. The molecule has 0 aliphatic carbocycles. The molecule has 2 N–H and O–H groups in total. The van der Waals surface area contributed by atoms with Crippen molar-refractivity contribution in [3.8, 4) is 0 Å². The van der Waals surface area contributed by atoms with E-state index in [9.17, 15) is 9.90 Å². The number of nitrogens with one attached hydrogen (secondary N) is 1. The third-order valence-electron chi connectivity index (χ3n) is 4.13. The lowest BCUT2D eigenvalue weighted by Gasteiger charge is -2.36. The summed E-state index contributed by atoms with van der Waals surface area (Å²) in [6.45, 7) is 1.83. The fourth-order valence-electron chi connectivity index (χ4n) is 2.87. The third kappa shape index (κ3) is 4.35. The molecule has 2 heterocycles. The zero-order valence-corrected chi connectivity index (χ0v) is 14.2. The number of aliphatic hydroxyl groups excluding tert-OH is 1. The average molecular weight is 346 g/mol. The zero-order valence-electron chi connectivity index (χ0n) is 13.4. The molecule has 2 aromatic rings. The van der Waals surface area contributed by atoms with Crippen LogP contribution in [-0.2, 0) is 9.53 Å². The topological polar surface area (TPSA) is 61.8 Å². The number of ether oxygens (including phenoxy) is 1. The Bertz CT molecular complexity index is 633. The average Bonchev–Trinajstić information content (AvgIpc) is 3.16. The van der Waals surface area contributed by atoms with E-state index in [1.807, 2.05) is 52.7 Å². The summed E-state index contributed by atoms with van der Waals surface area (Å²) in [5.74, 6) is 0.0329. The van der Waals surface area contributed by atoms with Gasteiger partial charge in [-0.3, -0.25) is 4.79 Å². The first-order chi connectivity index (χ1) is 11.7. The molecule has 24 heavy (non-hydrogen) atoms. The number of carbonyl (C=O) groups excluding carboxylic acids is 1. The number of thiophene rings is 1. The van der Waals surface area contributed by atoms with Gasteiger partial charge in [-0.2, -0.15) is 0 Å². The molecule has 0 radical (unpaired) electrons. The van der Waals surface area contributed by atoms with E-state index in [-0.39, 0.29) is 18.5 Å². The molecular weight excluding hydrogens is 324 g/mol. The molecule has 1 amide bonds. The van der Waals surface area contributed by atoms with E-state index in [0.717, 1.165) is 10.6 Å². The first-order valence-corrected chi connectivity index (χ1v) is 8.99. The van der Waals surface area contributed by atoms with Gasteiger partial charge in [-0.15, -0.1) is 11.3 Å². The van der Waals surface area contributed by atoms with Crippen LogP contribution in [0.25, 0.3) is 0 Å². The van der Waals surface area contributed by atoms with E-state index in [4.69, 9.17) is 4.74 Å². The fourth-order valence-corrected chi connectivity index (χ4v) is 3.59. The molecule has 0 saturated carbocycles. The Balaban J connectivity index is 1.58. The number of amides is 1. The molecule has 1 aromatic carbocycles. The van der Waals surface area contributed by atoms with Crippen molar-refractivity contribution >= 4 is 22.9 Å². The molecule has 1 aliphatic rings. The highest BCUT2D eigenvalue weighted by Gasteiger charge is 2.29. The number of morpholine rings is 1. The molecule has 2 atom stereocenters. The van der Waals surface area contributed by atoms with Gasteiger partial charge in [-0.25, -0.2) is 0 Å². The molecule has 0 spiro atoms. The van der Waals surface area contributed by atoms with Crippen molar-refractivity contribution in [1.29, 1.82) is 0 Å². The van der Waals surface area contributed by atoms with Crippen LogP contribution in [0.1, 0.15) is 17.4 Å². The number of rotatable bonds is 6. The quantitative estimate of drug-likeness (QED) is 0.844. The lowest BCUT2D eigenvalue weighted by molar-refractivity contribution is -0.139. The number of anilines is 1. The van der Waals surface area contributed by atoms with E-state index in [1.54, 1.807) is 0 Å². The largest absolute Gasteiger partial charge is 0.387 e. The van der Waals surface area contributed by atoms with Gasteiger partial charge in [0.15, 0.2) is 0 Å². The van der Waals surface area contributed by atoms with Gasteiger partial charge in [0.05, 0.1) is 31.9 Å². The minimum absolute atomic E-state index is 0.0329. The summed E-state index contributed by atoms with van der Waals surface area (Å²) < 4.78 is 5.52. The lowest BCUT2D eigenvalue weighted by Crippen LogP contribution is -2.51. The second-order valence-corrected chi connectivity index (χ2v) is 6.78. The zero-order chi connectivity index (χ0) is 16.8. The summed E-state index contributed by atoms with van der Waals surface area (Å²) in [4.78, 5) is 15.3. The molecule has 2 unspecified atom stereocenters. The molecule has 1 aromatic heterocycles. The van der Waals surface area contributed by atoms with Crippen molar-refractivity contribution in [2.45, 2.75) is 18.6 Å². The van der Waals surface area contributed by atoms with E-state index in [2.05, 4.69) is 5.32 Å². The van der Waals surface area contributed by atoms with Crippen LogP contribution < -0.4 is 5.32 Å². The van der Waals surface area contributed by atoms with Crippen LogP contribution >= 0.6 is 11.3 Å². The number of hydrogen-bond acceptors (Lipinski definition) is 5. The smallest absolute Gasteiger partial charge is 0.242 e. The Morgan fingerprint density at radius 3 is 2.92 bits per heavy atom.